The first-order valence-corrected chi connectivity index (χ1v) is 5.63. The van der Waals surface area contributed by atoms with Crippen molar-refractivity contribution in [2.45, 2.75) is 6.42 Å². The van der Waals surface area contributed by atoms with Crippen LogP contribution in [0.25, 0.3) is 0 Å². The Balaban J connectivity index is 2.45. The first-order valence-electron chi connectivity index (χ1n) is 5.63. The predicted octanol–water partition coefficient (Wildman–Crippen LogP) is 0.0129. The molecule has 5 N–H and O–H groups in total. The minimum Gasteiger partial charge on any atom is -0.448 e. The number of primary amides is 1. The van der Waals surface area contributed by atoms with E-state index in [-0.39, 0.29) is 19.1 Å². The Morgan fingerprint density at radius 2 is 2.11 bits per heavy atom. The van der Waals surface area contributed by atoms with Crippen LogP contribution in [-0.4, -0.2) is 31.7 Å². The van der Waals surface area contributed by atoms with Gasteiger partial charge in [-0.3, -0.25) is 4.79 Å². The molecule has 0 aliphatic heterocycles. The Morgan fingerprint density at radius 3 is 2.78 bits per heavy atom. The lowest BCUT2D eigenvalue weighted by molar-refractivity contribution is 0.0936. The molecule has 2 amide bonds. The lowest BCUT2D eigenvalue weighted by Crippen LogP contribution is -2.29. The van der Waals surface area contributed by atoms with Crippen molar-refractivity contribution in [1.29, 1.82) is 0 Å². The number of amides is 2. The van der Waals surface area contributed by atoms with Crippen molar-refractivity contribution in [3.05, 3.63) is 35.4 Å². The van der Waals surface area contributed by atoms with Gasteiger partial charge in [0.05, 0.1) is 6.54 Å². The summed E-state index contributed by atoms with van der Waals surface area (Å²) < 4.78 is 4.50. The van der Waals surface area contributed by atoms with Crippen LogP contribution in [0.4, 0.5) is 4.79 Å². The third kappa shape index (κ3) is 4.84. The summed E-state index contributed by atoms with van der Waals surface area (Å²) >= 11 is 0. The molecule has 6 nitrogen and oxygen atoms in total. The summed E-state index contributed by atoms with van der Waals surface area (Å²) in [5.41, 5.74) is 11.8. The van der Waals surface area contributed by atoms with Gasteiger partial charge in [-0.05, 0) is 30.7 Å². The molecule has 6 heteroatoms. The van der Waals surface area contributed by atoms with Crippen molar-refractivity contribution in [1.82, 2.24) is 5.32 Å². The molecule has 18 heavy (non-hydrogen) atoms. The summed E-state index contributed by atoms with van der Waals surface area (Å²) in [4.78, 5) is 22.0. The fourth-order valence-corrected chi connectivity index (χ4v) is 1.45. The van der Waals surface area contributed by atoms with Gasteiger partial charge in [0.1, 0.15) is 6.61 Å². The van der Waals surface area contributed by atoms with Crippen molar-refractivity contribution >= 4 is 12.0 Å². The second-order valence-electron chi connectivity index (χ2n) is 3.66. The minimum absolute atomic E-state index is 0.0591. The molecule has 0 spiro atoms. The van der Waals surface area contributed by atoms with Crippen LogP contribution in [0.2, 0.25) is 0 Å². The van der Waals surface area contributed by atoms with Crippen LogP contribution in [-0.2, 0) is 11.2 Å². The van der Waals surface area contributed by atoms with Crippen LogP contribution >= 0.6 is 0 Å². The summed E-state index contributed by atoms with van der Waals surface area (Å²) in [6.45, 7) is 0.823. The van der Waals surface area contributed by atoms with Crippen LogP contribution in [0.3, 0.4) is 0 Å². The van der Waals surface area contributed by atoms with Crippen molar-refractivity contribution in [2.75, 3.05) is 19.7 Å². The van der Waals surface area contributed by atoms with Gasteiger partial charge in [-0.2, -0.15) is 0 Å². The Morgan fingerprint density at radius 1 is 1.33 bits per heavy atom. The molecular weight excluding hydrogens is 234 g/mol. The van der Waals surface area contributed by atoms with E-state index in [0.29, 0.717) is 12.1 Å². The normalized spacial score (nSPS) is 9.83. The maximum atomic E-state index is 11.7. The molecule has 0 saturated heterocycles. The van der Waals surface area contributed by atoms with E-state index in [1.807, 2.05) is 6.07 Å². The van der Waals surface area contributed by atoms with Gasteiger partial charge in [0.25, 0.3) is 5.91 Å². The van der Waals surface area contributed by atoms with Crippen molar-refractivity contribution < 1.29 is 14.3 Å². The van der Waals surface area contributed by atoms with Gasteiger partial charge in [0.15, 0.2) is 0 Å². The third-order valence-electron chi connectivity index (χ3n) is 2.25. The molecule has 1 rings (SSSR count). The molecule has 0 atom stereocenters. The van der Waals surface area contributed by atoms with Gasteiger partial charge in [0.2, 0.25) is 0 Å². The van der Waals surface area contributed by atoms with E-state index in [0.717, 1.165) is 12.0 Å². The fourth-order valence-electron chi connectivity index (χ4n) is 1.45. The first-order chi connectivity index (χ1) is 8.63. The van der Waals surface area contributed by atoms with Gasteiger partial charge < -0.3 is 21.5 Å². The average molecular weight is 251 g/mol. The smallest absolute Gasteiger partial charge is 0.404 e. The second-order valence-corrected chi connectivity index (χ2v) is 3.66. The Hall–Kier alpha value is -2.08. The molecule has 0 heterocycles. The topological polar surface area (TPSA) is 107 Å². The van der Waals surface area contributed by atoms with E-state index >= 15 is 0 Å². The van der Waals surface area contributed by atoms with Crippen molar-refractivity contribution in [3.63, 3.8) is 0 Å². The van der Waals surface area contributed by atoms with E-state index in [9.17, 15) is 9.59 Å². The number of rotatable bonds is 6. The maximum absolute atomic E-state index is 11.7. The van der Waals surface area contributed by atoms with Crippen LogP contribution in [0.5, 0.6) is 0 Å². The monoisotopic (exact) mass is 251 g/mol. The van der Waals surface area contributed by atoms with Gasteiger partial charge in [-0.1, -0.05) is 12.1 Å². The molecule has 1 aromatic rings. The largest absolute Gasteiger partial charge is 0.448 e. The molecule has 0 saturated carbocycles. The highest BCUT2D eigenvalue weighted by Gasteiger charge is 2.05. The maximum Gasteiger partial charge on any atom is 0.404 e. The van der Waals surface area contributed by atoms with Gasteiger partial charge in [-0.25, -0.2) is 4.79 Å². The number of ether oxygens (including phenoxy) is 1. The zero-order valence-corrected chi connectivity index (χ0v) is 10.0. The lowest BCUT2D eigenvalue weighted by Gasteiger charge is -2.06. The minimum atomic E-state index is -0.853. The highest BCUT2D eigenvalue weighted by atomic mass is 16.5. The second kappa shape index (κ2) is 7.29. The molecule has 1 aromatic carbocycles. The Labute approximate surface area is 105 Å². The van der Waals surface area contributed by atoms with E-state index in [1.54, 1.807) is 18.2 Å². The molecule has 0 aromatic heterocycles. The van der Waals surface area contributed by atoms with Crippen LogP contribution in [0.1, 0.15) is 15.9 Å². The summed E-state index contributed by atoms with van der Waals surface area (Å²) in [7, 11) is 0. The quantitative estimate of drug-likeness (QED) is 0.619. The predicted molar refractivity (Wildman–Crippen MR) is 67.1 cm³/mol. The summed E-state index contributed by atoms with van der Waals surface area (Å²) in [5.74, 6) is -0.220. The number of carbonyl (C=O) groups is 2. The van der Waals surface area contributed by atoms with Crippen molar-refractivity contribution in [2.24, 2.45) is 11.5 Å². The van der Waals surface area contributed by atoms with E-state index in [2.05, 4.69) is 10.1 Å². The zero-order chi connectivity index (χ0) is 13.4. The standard InChI is InChI=1S/C12H17N3O3/c13-5-4-9-2-1-3-10(8-9)11(16)15-6-7-18-12(14)17/h1-3,8H,4-7,13H2,(H2,14,17)(H,15,16). The van der Waals surface area contributed by atoms with Crippen LogP contribution < -0.4 is 16.8 Å². The molecule has 0 fully saturated rings. The zero-order valence-electron chi connectivity index (χ0n) is 10.0. The van der Waals surface area contributed by atoms with Gasteiger partial charge in [-0.15, -0.1) is 0 Å². The van der Waals surface area contributed by atoms with Crippen molar-refractivity contribution in [3.8, 4) is 0 Å². The number of nitrogens with one attached hydrogen (secondary N) is 1. The lowest BCUT2D eigenvalue weighted by atomic mass is 10.1. The molecule has 0 bridgehead atoms. The summed E-state index contributed by atoms with van der Waals surface area (Å²) in [6, 6.07) is 7.22. The Bertz CT molecular complexity index is 421. The molecular formula is C12H17N3O3. The van der Waals surface area contributed by atoms with E-state index in [1.165, 1.54) is 0 Å². The first kappa shape index (κ1) is 14.0. The van der Waals surface area contributed by atoms with Gasteiger partial charge >= 0.3 is 6.09 Å². The number of benzene rings is 1. The van der Waals surface area contributed by atoms with Crippen LogP contribution in [0, 0.1) is 0 Å². The molecule has 98 valence electrons. The number of hydrogen-bond acceptors (Lipinski definition) is 4. The number of carbonyl (C=O) groups excluding carboxylic acids is 2. The molecule has 0 radical (unpaired) electrons. The molecule has 0 unspecified atom stereocenters. The number of nitrogens with two attached hydrogens (primary N) is 2. The van der Waals surface area contributed by atoms with Gasteiger partial charge in [0, 0.05) is 5.56 Å². The summed E-state index contributed by atoms with van der Waals surface area (Å²) in [6.07, 6.45) is -0.125. The molecule has 0 aliphatic carbocycles. The number of hydrogen-bond donors (Lipinski definition) is 3. The SMILES string of the molecule is NCCc1cccc(C(=O)NCCOC(N)=O)c1. The average Bonchev–Trinajstić information content (AvgIpc) is 2.35. The fraction of sp³-hybridized carbons (Fsp3) is 0.333. The third-order valence-corrected chi connectivity index (χ3v) is 2.25. The van der Waals surface area contributed by atoms with E-state index in [4.69, 9.17) is 11.5 Å². The highest BCUT2D eigenvalue weighted by molar-refractivity contribution is 5.94. The molecule has 0 aliphatic rings. The highest BCUT2D eigenvalue weighted by Crippen LogP contribution is 2.05. The van der Waals surface area contributed by atoms with E-state index < -0.39 is 6.09 Å². The summed E-state index contributed by atoms with van der Waals surface area (Å²) in [5, 5.41) is 2.62. The Kier molecular flexibility index (Phi) is 5.66. The van der Waals surface area contributed by atoms with Crippen LogP contribution in [0.15, 0.2) is 24.3 Å².